The standard InChI is InChI=1S/C17H21BrN2O/c1-4-15(13-8-6-5-7-9-13)19-17(21)16-10-14(18)11-20(16)12(2)3/h5-12,15H,4H2,1-3H3,(H,19,21). The maximum absolute atomic E-state index is 12.6. The van der Waals surface area contributed by atoms with Gasteiger partial charge in [0, 0.05) is 16.7 Å². The van der Waals surface area contributed by atoms with Crippen molar-refractivity contribution in [1.29, 1.82) is 0 Å². The summed E-state index contributed by atoms with van der Waals surface area (Å²) in [5.74, 6) is -0.0369. The van der Waals surface area contributed by atoms with Crippen LogP contribution in [0.25, 0.3) is 0 Å². The molecule has 112 valence electrons. The molecule has 1 aromatic heterocycles. The second-order valence-corrected chi connectivity index (χ2v) is 6.31. The van der Waals surface area contributed by atoms with E-state index in [0.29, 0.717) is 5.69 Å². The summed E-state index contributed by atoms with van der Waals surface area (Å²) in [6.45, 7) is 6.21. The number of amides is 1. The number of hydrogen-bond donors (Lipinski definition) is 1. The third kappa shape index (κ3) is 3.76. The molecule has 0 bridgehead atoms. The van der Waals surface area contributed by atoms with Gasteiger partial charge in [0.1, 0.15) is 5.69 Å². The molecule has 0 aliphatic carbocycles. The number of nitrogens with zero attached hydrogens (tertiary/aromatic N) is 1. The minimum Gasteiger partial charge on any atom is -0.344 e. The first kappa shape index (κ1) is 15.8. The van der Waals surface area contributed by atoms with Gasteiger partial charge in [-0.05, 0) is 47.8 Å². The van der Waals surface area contributed by atoms with Gasteiger partial charge in [0.25, 0.3) is 5.91 Å². The Morgan fingerprint density at radius 1 is 1.29 bits per heavy atom. The van der Waals surface area contributed by atoms with Crippen LogP contribution >= 0.6 is 15.9 Å². The Morgan fingerprint density at radius 3 is 2.52 bits per heavy atom. The number of carbonyl (C=O) groups is 1. The van der Waals surface area contributed by atoms with Gasteiger partial charge in [-0.15, -0.1) is 0 Å². The highest BCUT2D eigenvalue weighted by Gasteiger charge is 2.18. The zero-order chi connectivity index (χ0) is 15.4. The van der Waals surface area contributed by atoms with Crippen LogP contribution in [0.2, 0.25) is 0 Å². The largest absolute Gasteiger partial charge is 0.344 e. The van der Waals surface area contributed by atoms with E-state index in [1.54, 1.807) is 0 Å². The SMILES string of the molecule is CCC(NC(=O)c1cc(Br)cn1C(C)C)c1ccccc1. The first-order valence-corrected chi connectivity index (χ1v) is 8.05. The van der Waals surface area contributed by atoms with E-state index in [4.69, 9.17) is 0 Å². The van der Waals surface area contributed by atoms with Crippen molar-refractivity contribution < 1.29 is 4.79 Å². The van der Waals surface area contributed by atoms with E-state index in [0.717, 1.165) is 16.5 Å². The topological polar surface area (TPSA) is 34.0 Å². The Balaban J connectivity index is 2.21. The Hall–Kier alpha value is -1.55. The van der Waals surface area contributed by atoms with Crippen molar-refractivity contribution in [2.24, 2.45) is 0 Å². The predicted octanol–water partition coefficient (Wildman–Crippen LogP) is 4.71. The zero-order valence-electron chi connectivity index (χ0n) is 12.6. The molecule has 1 atom stereocenters. The second-order valence-electron chi connectivity index (χ2n) is 5.39. The third-order valence-corrected chi connectivity index (χ3v) is 3.95. The number of benzene rings is 1. The summed E-state index contributed by atoms with van der Waals surface area (Å²) in [7, 11) is 0. The van der Waals surface area contributed by atoms with E-state index in [9.17, 15) is 4.79 Å². The molecule has 1 aromatic carbocycles. The molecule has 3 nitrogen and oxygen atoms in total. The fourth-order valence-corrected chi connectivity index (χ4v) is 2.83. The highest BCUT2D eigenvalue weighted by atomic mass is 79.9. The Kier molecular flexibility index (Phi) is 5.23. The average Bonchev–Trinajstić information content (AvgIpc) is 2.88. The highest BCUT2D eigenvalue weighted by Crippen LogP contribution is 2.21. The van der Waals surface area contributed by atoms with Crippen LogP contribution in [0.5, 0.6) is 0 Å². The van der Waals surface area contributed by atoms with E-state index in [1.165, 1.54) is 0 Å². The average molecular weight is 349 g/mol. The Morgan fingerprint density at radius 2 is 1.95 bits per heavy atom. The van der Waals surface area contributed by atoms with Crippen LogP contribution in [0, 0.1) is 0 Å². The summed E-state index contributed by atoms with van der Waals surface area (Å²) in [6.07, 6.45) is 2.81. The number of carbonyl (C=O) groups excluding carboxylic acids is 1. The lowest BCUT2D eigenvalue weighted by Gasteiger charge is -2.19. The zero-order valence-corrected chi connectivity index (χ0v) is 14.2. The van der Waals surface area contributed by atoms with E-state index < -0.39 is 0 Å². The summed E-state index contributed by atoms with van der Waals surface area (Å²) < 4.78 is 2.91. The van der Waals surface area contributed by atoms with Crippen molar-refractivity contribution >= 4 is 21.8 Å². The Bertz CT molecular complexity index is 605. The predicted molar refractivity (Wildman–Crippen MR) is 89.5 cm³/mol. The second kappa shape index (κ2) is 6.94. The maximum atomic E-state index is 12.6. The molecule has 4 heteroatoms. The van der Waals surface area contributed by atoms with Crippen molar-refractivity contribution in [3.63, 3.8) is 0 Å². The van der Waals surface area contributed by atoms with Crippen LogP contribution in [0.1, 0.15) is 55.3 Å². The number of halogens is 1. The summed E-state index contributed by atoms with van der Waals surface area (Å²) in [5.41, 5.74) is 1.82. The molecule has 0 saturated carbocycles. The lowest BCUT2D eigenvalue weighted by Crippen LogP contribution is -2.30. The molecule has 0 aliphatic rings. The molecule has 1 unspecified atom stereocenters. The van der Waals surface area contributed by atoms with Gasteiger partial charge < -0.3 is 9.88 Å². The van der Waals surface area contributed by atoms with Gasteiger partial charge in [0.15, 0.2) is 0 Å². The smallest absolute Gasteiger partial charge is 0.268 e. The quantitative estimate of drug-likeness (QED) is 0.833. The van der Waals surface area contributed by atoms with Crippen LogP contribution in [-0.4, -0.2) is 10.5 Å². The molecule has 21 heavy (non-hydrogen) atoms. The molecule has 0 spiro atoms. The Labute approximate surface area is 134 Å². The molecule has 1 amide bonds. The number of rotatable bonds is 5. The lowest BCUT2D eigenvalue weighted by atomic mass is 10.0. The van der Waals surface area contributed by atoms with Gasteiger partial charge in [0.05, 0.1) is 6.04 Å². The minimum atomic E-state index is -0.0369. The molecule has 1 N–H and O–H groups in total. The van der Waals surface area contributed by atoms with E-state index in [2.05, 4.69) is 42.0 Å². The van der Waals surface area contributed by atoms with Crippen molar-refractivity contribution in [3.8, 4) is 0 Å². The lowest BCUT2D eigenvalue weighted by molar-refractivity contribution is 0.0924. The van der Waals surface area contributed by atoms with Crippen LogP contribution < -0.4 is 5.32 Å². The number of hydrogen-bond acceptors (Lipinski definition) is 1. The fraction of sp³-hybridized carbons (Fsp3) is 0.353. The maximum Gasteiger partial charge on any atom is 0.268 e. The van der Waals surface area contributed by atoms with Gasteiger partial charge >= 0.3 is 0 Å². The van der Waals surface area contributed by atoms with Crippen LogP contribution in [0.15, 0.2) is 47.1 Å². The highest BCUT2D eigenvalue weighted by molar-refractivity contribution is 9.10. The molecule has 2 rings (SSSR count). The van der Waals surface area contributed by atoms with E-state index in [-0.39, 0.29) is 18.0 Å². The van der Waals surface area contributed by atoms with Gasteiger partial charge in [0.2, 0.25) is 0 Å². The van der Waals surface area contributed by atoms with Gasteiger partial charge in [-0.25, -0.2) is 0 Å². The summed E-state index contributed by atoms with van der Waals surface area (Å²) >= 11 is 3.45. The molecule has 0 saturated heterocycles. The van der Waals surface area contributed by atoms with Crippen molar-refractivity contribution in [3.05, 3.63) is 58.3 Å². The van der Waals surface area contributed by atoms with E-state index >= 15 is 0 Å². The van der Waals surface area contributed by atoms with Crippen LogP contribution in [-0.2, 0) is 0 Å². The van der Waals surface area contributed by atoms with Crippen molar-refractivity contribution in [1.82, 2.24) is 9.88 Å². The molecule has 0 radical (unpaired) electrons. The van der Waals surface area contributed by atoms with Crippen LogP contribution in [0.4, 0.5) is 0 Å². The summed E-state index contributed by atoms with van der Waals surface area (Å²) in [5, 5.41) is 3.13. The molecule has 1 heterocycles. The first-order valence-electron chi connectivity index (χ1n) is 7.26. The minimum absolute atomic E-state index is 0.0352. The van der Waals surface area contributed by atoms with Crippen molar-refractivity contribution in [2.45, 2.75) is 39.3 Å². The molecule has 0 fully saturated rings. The van der Waals surface area contributed by atoms with Gasteiger partial charge in [-0.2, -0.15) is 0 Å². The van der Waals surface area contributed by atoms with Crippen molar-refractivity contribution in [2.75, 3.05) is 0 Å². The van der Waals surface area contributed by atoms with Gasteiger partial charge in [-0.3, -0.25) is 4.79 Å². The summed E-state index contributed by atoms with van der Waals surface area (Å²) in [4.78, 5) is 12.6. The number of nitrogens with one attached hydrogen (secondary N) is 1. The molecule has 0 aliphatic heterocycles. The van der Waals surface area contributed by atoms with E-state index in [1.807, 2.05) is 47.2 Å². The third-order valence-electron chi connectivity index (χ3n) is 3.52. The summed E-state index contributed by atoms with van der Waals surface area (Å²) in [6, 6.07) is 12.2. The fourth-order valence-electron chi connectivity index (χ4n) is 2.39. The monoisotopic (exact) mass is 348 g/mol. The number of aromatic nitrogens is 1. The van der Waals surface area contributed by atoms with Crippen LogP contribution in [0.3, 0.4) is 0 Å². The molecular weight excluding hydrogens is 328 g/mol. The molecule has 2 aromatic rings. The normalized spacial score (nSPS) is 12.4. The molecular formula is C17H21BrN2O. The van der Waals surface area contributed by atoms with Gasteiger partial charge in [-0.1, -0.05) is 37.3 Å². The first-order chi connectivity index (χ1) is 10.0.